The minimum absolute atomic E-state index is 0.0246. The lowest BCUT2D eigenvalue weighted by Crippen LogP contribution is -1.98. The third-order valence-corrected chi connectivity index (χ3v) is 1.59. The summed E-state index contributed by atoms with van der Waals surface area (Å²) >= 11 is 0. The van der Waals surface area contributed by atoms with E-state index in [9.17, 15) is 14.9 Å². The molecule has 14 heavy (non-hydrogen) atoms. The van der Waals surface area contributed by atoms with E-state index in [1.165, 1.54) is 19.1 Å². The average Bonchev–Trinajstić information content (AvgIpc) is 2.15. The van der Waals surface area contributed by atoms with Crippen LogP contribution in [0.2, 0.25) is 0 Å². The monoisotopic (exact) mass is 195 g/mol. The minimum Gasteiger partial charge on any atom is -0.461 e. The van der Waals surface area contributed by atoms with Crippen molar-refractivity contribution in [1.82, 2.24) is 0 Å². The smallest absolute Gasteiger partial charge is 0.302 e. The molecular weight excluding hydrogens is 186 g/mol. The molecule has 5 nitrogen and oxygen atoms in total. The van der Waals surface area contributed by atoms with E-state index in [0.29, 0.717) is 0 Å². The van der Waals surface area contributed by atoms with E-state index in [1.54, 1.807) is 12.1 Å². The van der Waals surface area contributed by atoms with Crippen LogP contribution in [0.3, 0.4) is 0 Å². The highest BCUT2D eigenvalue weighted by molar-refractivity contribution is 5.65. The first-order valence-corrected chi connectivity index (χ1v) is 3.96. The molecule has 0 aliphatic rings. The Kier molecular flexibility index (Phi) is 3.17. The van der Waals surface area contributed by atoms with Gasteiger partial charge in [0.15, 0.2) is 0 Å². The van der Waals surface area contributed by atoms with Gasteiger partial charge >= 0.3 is 5.97 Å². The lowest BCUT2D eigenvalue weighted by atomic mass is 10.2. The molecule has 1 aromatic carbocycles. The second kappa shape index (κ2) is 4.36. The minimum atomic E-state index is -0.477. The van der Waals surface area contributed by atoms with Crippen LogP contribution in [0.1, 0.15) is 12.5 Å². The van der Waals surface area contributed by atoms with E-state index >= 15 is 0 Å². The molecule has 0 saturated heterocycles. The Labute approximate surface area is 80.5 Å². The van der Waals surface area contributed by atoms with Crippen LogP contribution in [0.25, 0.3) is 0 Å². The van der Waals surface area contributed by atoms with Crippen LogP contribution in [0, 0.1) is 10.1 Å². The van der Waals surface area contributed by atoms with Gasteiger partial charge in [-0.2, -0.15) is 0 Å². The van der Waals surface area contributed by atoms with Gasteiger partial charge in [-0.05, 0) is 17.7 Å². The molecule has 0 fully saturated rings. The maximum absolute atomic E-state index is 10.5. The van der Waals surface area contributed by atoms with Crippen molar-refractivity contribution in [3.63, 3.8) is 0 Å². The van der Waals surface area contributed by atoms with E-state index in [-0.39, 0.29) is 18.3 Å². The first kappa shape index (κ1) is 10.2. The zero-order valence-corrected chi connectivity index (χ0v) is 7.60. The molecule has 1 aromatic rings. The number of nitrogens with zero attached hydrogens (tertiary/aromatic N) is 1. The summed E-state index contributed by atoms with van der Waals surface area (Å²) in [6.45, 7) is 1.46. The topological polar surface area (TPSA) is 69.4 Å². The van der Waals surface area contributed by atoms with Crippen LogP contribution in [-0.2, 0) is 16.1 Å². The highest BCUT2D eigenvalue weighted by atomic mass is 16.6. The molecule has 0 amide bonds. The second-order valence-corrected chi connectivity index (χ2v) is 2.70. The summed E-state index contributed by atoms with van der Waals surface area (Å²) in [5.74, 6) is -0.372. The van der Waals surface area contributed by atoms with Crippen LogP contribution < -0.4 is 0 Å². The molecule has 5 heteroatoms. The predicted molar refractivity (Wildman–Crippen MR) is 48.6 cm³/mol. The fraction of sp³-hybridized carbons (Fsp3) is 0.222. The van der Waals surface area contributed by atoms with Crippen molar-refractivity contribution in [3.8, 4) is 0 Å². The normalized spacial score (nSPS) is 9.50. The number of carbonyl (C=O) groups is 1. The lowest BCUT2D eigenvalue weighted by molar-refractivity contribution is -0.384. The largest absolute Gasteiger partial charge is 0.461 e. The van der Waals surface area contributed by atoms with Gasteiger partial charge in [-0.3, -0.25) is 14.9 Å². The van der Waals surface area contributed by atoms with Gasteiger partial charge in [0, 0.05) is 19.1 Å². The number of ether oxygens (including phenoxy) is 1. The molecule has 1 rings (SSSR count). The molecule has 0 N–H and O–H groups in total. The number of non-ortho nitro benzene ring substituents is 1. The van der Waals surface area contributed by atoms with E-state index in [1.807, 2.05) is 0 Å². The van der Waals surface area contributed by atoms with Crippen molar-refractivity contribution in [1.29, 1.82) is 0 Å². The fourth-order valence-corrected chi connectivity index (χ4v) is 0.899. The highest BCUT2D eigenvalue weighted by Crippen LogP contribution is 2.12. The van der Waals surface area contributed by atoms with Gasteiger partial charge in [0.2, 0.25) is 0 Å². The Bertz CT molecular complexity index is 344. The molecule has 0 heterocycles. The zero-order valence-electron chi connectivity index (χ0n) is 7.60. The summed E-state index contributed by atoms with van der Waals surface area (Å²) in [6, 6.07) is 5.86. The summed E-state index contributed by atoms with van der Waals surface area (Å²) in [5.41, 5.74) is 0.752. The number of nitro groups is 1. The standard InChI is InChI=1S/C9H9NO4/c1-7(11)14-6-8-2-4-9(5-3-8)10(12)13/h2-5H,6H2,1H3. The Balaban J connectivity index is 2.64. The van der Waals surface area contributed by atoms with Gasteiger partial charge in [0.1, 0.15) is 6.61 Å². The fourth-order valence-electron chi connectivity index (χ4n) is 0.899. The Hall–Kier alpha value is -1.91. The number of esters is 1. The number of rotatable bonds is 3. The van der Waals surface area contributed by atoms with Crippen LogP contribution in [0.5, 0.6) is 0 Å². The molecule has 0 radical (unpaired) electrons. The van der Waals surface area contributed by atoms with Gasteiger partial charge in [-0.15, -0.1) is 0 Å². The molecule has 0 aromatic heterocycles. The molecule has 74 valence electrons. The quantitative estimate of drug-likeness (QED) is 0.417. The summed E-state index contributed by atoms with van der Waals surface area (Å²) in [5, 5.41) is 10.3. The Morgan fingerprint density at radius 1 is 1.43 bits per heavy atom. The van der Waals surface area contributed by atoms with E-state index < -0.39 is 4.92 Å². The van der Waals surface area contributed by atoms with Crippen molar-refractivity contribution in [2.24, 2.45) is 0 Å². The van der Waals surface area contributed by atoms with Gasteiger partial charge < -0.3 is 4.74 Å². The highest BCUT2D eigenvalue weighted by Gasteiger charge is 2.04. The van der Waals surface area contributed by atoms with Crippen LogP contribution in [0.4, 0.5) is 5.69 Å². The molecule has 0 aliphatic carbocycles. The number of nitro benzene ring substituents is 1. The second-order valence-electron chi connectivity index (χ2n) is 2.70. The van der Waals surface area contributed by atoms with Crippen molar-refractivity contribution >= 4 is 11.7 Å². The third kappa shape index (κ3) is 2.85. The van der Waals surface area contributed by atoms with E-state index in [2.05, 4.69) is 0 Å². The molecule has 0 bridgehead atoms. The summed E-state index contributed by atoms with van der Waals surface area (Å²) in [7, 11) is 0. The molecule has 0 aliphatic heterocycles. The Morgan fingerprint density at radius 3 is 2.43 bits per heavy atom. The van der Waals surface area contributed by atoms with E-state index in [0.717, 1.165) is 5.56 Å². The predicted octanol–water partition coefficient (Wildman–Crippen LogP) is 1.66. The summed E-state index contributed by atoms with van der Waals surface area (Å²) < 4.78 is 4.72. The van der Waals surface area contributed by atoms with Crippen LogP contribution in [0.15, 0.2) is 24.3 Å². The maximum Gasteiger partial charge on any atom is 0.302 e. The third-order valence-electron chi connectivity index (χ3n) is 1.59. The van der Waals surface area contributed by atoms with Crippen LogP contribution >= 0.6 is 0 Å². The molecular formula is C9H9NO4. The number of hydrogen-bond acceptors (Lipinski definition) is 4. The van der Waals surface area contributed by atoms with Gasteiger partial charge in [-0.25, -0.2) is 0 Å². The first-order valence-electron chi connectivity index (χ1n) is 3.96. The van der Waals surface area contributed by atoms with Crippen molar-refractivity contribution in [2.75, 3.05) is 0 Å². The maximum atomic E-state index is 10.5. The zero-order chi connectivity index (χ0) is 10.6. The first-order chi connectivity index (χ1) is 6.59. The van der Waals surface area contributed by atoms with E-state index in [4.69, 9.17) is 4.74 Å². The summed E-state index contributed by atoms with van der Waals surface area (Å²) in [6.07, 6.45) is 0. The SMILES string of the molecule is CC(=O)OCc1ccc([N+](=O)[O-])cc1. The Morgan fingerprint density at radius 2 is 2.00 bits per heavy atom. The average molecular weight is 195 g/mol. The van der Waals surface area contributed by atoms with Crippen molar-refractivity contribution < 1.29 is 14.5 Å². The molecule has 0 atom stereocenters. The molecule has 0 unspecified atom stereocenters. The van der Waals surface area contributed by atoms with Gasteiger partial charge in [0.05, 0.1) is 4.92 Å². The molecule has 0 spiro atoms. The summed E-state index contributed by atoms with van der Waals surface area (Å²) in [4.78, 5) is 20.3. The van der Waals surface area contributed by atoms with Crippen molar-refractivity contribution in [2.45, 2.75) is 13.5 Å². The van der Waals surface area contributed by atoms with Gasteiger partial charge in [-0.1, -0.05) is 0 Å². The van der Waals surface area contributed by atoms with Gasteiger partial charge in [0.25, 0.3) is 5.69 Å². The number of hydrogen-bond donors (Lipinski definition) is 0. The lowest BCUT2D eigenvalue weighted by Gasteiger charge is -2.00. The molecule has 0 saturated carbocycles. The van der Waals surface area contributed by atoms with Crippen LogP contribution in [-0.4, -0.2) is 10.9 Å². The number of carbonyl (C=O) groups excluding carboxylic acids is 1. The number of benzene rings is 1. The van der Waals surface area contributed by atoms with Crippen molar-refractivity contribution in [3.05, 3.63) is 39.9 Å².